The molecule has 4 rings (SSSR count). The Hall–Kier alpha value is -3.27. The minimum atomic E-state index is -0.182. The third kappa shape index (κ3) is 4.33. The van der Waals surface area contributed by atoms with Gasteiger partial charge in [0.15, 0.2) is 0 Å². The lowest BCUT2D eigenvalue weighted by Crippen LogP contribution is -2.38. The molecule has 2 N–H and O–H groups in total. The van der Waals surface area contributed by atoms with Crippen LogP contribution in [-0.2, 0) is 9.59 Å². The molecule has 0 saturated carbocycles. The number of nitrogens with zero attached hydrogens (tertiary/aromatic N) is 4. The van der Waals surface area contributed by atoms with E-state index < -0.39 is 0 Å². The van der Waals surface area contributed by atoms with Crippen molar-refractivity contribution in [3.05, 3.63) is 46.4 Å². The third-order valence-electron chi connectivity index (χ3n) is 4.97. The fourth-order valence-electron chi connectivity index (χ4n) is 3.46. The number of amides is 2. The highest BCUT2D eigenvalue weighted by Gasteiger charge is 2.27. The Balaban J connectivity index is 1.36. The van der Waals surface area contributed by atoms with Crippen LogP contribution in [0.25, 0.3) is 4.96 Å². The molecular weight excluding hydrogens is 404 g/mol. The van der Waals surface area contributed by atoms with Gasteiger partial charge >= 0.3 is 0 Å². The molecule has 2 aromatic heterocycles. The maximum Gasteiger partial charge on any atom is 0.275 e. The highest BCUT2D eigenvalue weighted by atomic mass is 32.1. The largest absolute Gasteiger partial charge is 0.347 e. The van der Waals surface area contributed by atoms with E-state index in [1.54, 1.807) is 31.2 Å². The van der Waals surface area contributed by atoms with E-state index in [0.717, 1.165) is 5.13 Å². The Morgan fingerprint density at radius 1 is 1.10 bits per heavy atom. The molecule has 0 unspecified atom stereocenters. The number of anilines is 3. The molecule has 1 saturated heterocycles. The molecule has 1 aliphatic heterocycles. The summed E-state index contributed by atoms with van der Waals surface area (Å²) in [5, 5.41) is 10.8. The lowest BCUT2D eigenvalue weighted by atomic mass is 9.96. The summed E-state index contributed by atoms with van der Waals surface area (Å²) in [5.74, 6) is -0.240. The Labute approximate surface area is 176 Å². The molecule has 156 valence electrons. The molecule has 9 nitrogen and oxygen atoms in total. The topological polar surface area (TPSA) is 109 Å². The van der Waals surface area contributed by atoms with Crippen molar-refractivity contribution in [3.8, 4) is 0 Å². The van der Waals surface area contributed by atoms with Gasteiger partial charge in [-0.2, -0.15) is 4.52 Å². The molecule has 1 aliphatic rings. The summed E-state index contributed by atoms with van der Waals surface area (Å²) in [5.41, 5.74) is 1.88. The van der Waals surface area contributed by atoms with Crippen LogP contribution in [0.4, 0.5) is 16.5 Å². The molecule has 3 heterocycles. The van der Waals surface area contributed by atoms with Gasteiger partial charge in [0.2, 0.25) is 21.9 Å². The van der Waals surface area contributed by atoms with E-state index in [1.807, 2.05) is 0 Å². The summed E-state index contributed by atoms with van der Waals surface area (Å²) in [7, 11) is 0. The number of benzene rings is 1. The Morgan fingerprint density at radius 2 is 1.73 bits per heavy atom. The van der Waals surface area contributed by atoms with Crippen molar-refractivity contribution in [2.45, 2.75) is 26.7 Å². The molecule has 1 aromatic carbocycles. The van der Waals surface area contributed by atoms with Crippen molar-refractivity contribution in [3.63, 3.8) is 0 Å². The molecule has 0 spiro atoms. The van der Waals surface area contributed by atoms with Crippen LogP contribution < -0.4 is 21.1 Å². The summed E-state index contributed by atoms with van der Waals surface area (Å²) >= 11 is 1.39. The standard InChI is InChI=1S/C20H22N6O3S/c1-12-11-17(28)26-19(21-12)30-20(24-26)25-9-7-14(8-10-25)18(29)23-16-5-3-15(4-6-16)22-13(2)27/h3-6,11,14H,7-10H2,1-2H3,(H,22,27)(H,23,29). The molecule has 3 aromatic rings. The van der Waals surface area contributed by atoms with E-state index in [4.69, 9.17) is 0 Å². The summed E-state index contributed by atoms with van der Waals surface area (Å²) in [6.07, 6.45) is 1.40. The fraction of sp³-hybridized carbons (Fsp3) is 0.350. The van der Waals surface area contributed by atoms with Crippen LogP contribution >= 0.6 is 11.3 Å². The fourth-order valence-corrected chi connectivity index (χ4v) is 4.46. The van der Waals surface area contributed by atoms with Gasteiger partial charge in [-0.05, 0) is 44.0 Å². The van der Waals surface area contributed by atoms with E-state index in [0.29, 0.717) is 48.0 Å². The second-order valence-corrected chi connectivity index (χ2v) is 8.26. The minimum Gasteiger partial charge on any atom is -0.347 e. The molecule has 1 fully saturated rings. The number of piperidine rings is 1. The SMILES string of the molecule is CC(=O)Nc1ccc(NC(=O)C2CCN(c3nn4c(=O)cc(C)nc4s3)CC2)cc1. The predicted octanol–water partition coefficient (Wildman–Crippen LogP) is 2.27. The maximum absolute atomic E-state index is 12.6. The number of aryl methyl sites for hydroxylation is 1. The number of fused-ring (bicyclic) bond motifs is 1. The number of nitrogens with one attached hydrogen (secondary N) is 2. The molecule has 0 atom stereocenters. The third-order valence-corrected chi connectivity index (χ3v) is 5.94. The molecular formula is C20H22N6O3S. The normalized spacial score (nSPS) is 14.7. The summed E-state index contributed by atoms with van der Waals surface area (Å²) in [6, 6.07) is 8.52. The Morgan fingerprint density at radius 3 is 2.37 bits per heavy atom. The second-order valence-electron chi connectivity index (χ2n) is 7.32. The van der Waals surface area contributed by atoms with E-state index in [9.17, 15) is 14.4 Å². The van der Waals surface area contributed by atoms with E-state index >= 15 is 0 Å². The van der Waals surface area contributed by atoms with Crippen molar-refractivity contribution in [1.82, 2.24) is 14.6 Å². The van der Waals surface area contributed by atoms with Gasteiger partial charge < -0.3 is 15.5 Å². The highest BCUT2D eigenvalue weighted by Crippen LogP contribution is 2.27. The lowest BCUT2D eigenvalue weighted by molar-refractivity contribution is -0.120. The molecule has 0 bridgehead atoms. The first kappa shape index (κ1) is 20.0. The van der Waals surface area contributed by atoms with Gasteiger partial charge in [0.25, 0.3) is 5.56 Å². The number of rotatable bonds is 4. The average Bonchev–Trinajstić information content (AvgIpc) is 3.13. The maximum atomic E-state index is 12.6. The zero-order valence-corrected chi connectivity index (χ0v) is 17.5. The van der Waals surface area contributed by atoms with Crippen LogP contribution in [0.2, 0.25) is 0 Å². The number of hydrogen-bond donors (Lipinski definition) is 2. The number of carbonyl (C=O) groups excluding carboxylic acids is 2. The smallest absolute Gasteiger partial charge is 0.275 e. The van der Waals surface area contributed by atoms with Gasteiger partial charge in [-0.15, -0.1) is 5.10 Å². The average molecular weight is 427 g/mol. The van der Waals surface area contributed by atoms with Gasteiger partial charge in [0.1, 0.15) is 0 Å². The van der Waals surface area contributed by atoms with Crippen molar-refractivity contribution >= 4 is 44.6 Å². The minimum absolute atomic E-state index is 0.0141. The zero-order valence-electron chi connectivity index (χ0n) is 16.7. The lowest BCUT2D eigenvalue weighted by Gasteiger charge is -2.30. The molecule has 2 amide bonds. The number of carbonyl (C=O) groups is 2. The van der Waals surface area contributed by atoms with Gasteiger partial charge in [0.05, 0.1) is 0 Å². The highest BCUT2D eigenvalue weighted by molar-refractivity contribution is 7.20. The van der Waals surface area contributed by atoms with E-state index in [1.165, 1.54) is 28.8 Å². The van der Waals surface area contributed by atoms with Crippen LogP contribution in [0, 0.1) is 12.8 Å². The first-order valence-electron chi connectivity index (χ1n) is 9.70. The van der Waals surface area contributed by atoms with Gasteiger partial charge in [-0.3, -0.25) is 14.4 Å². The van der Waals surface area contributed by atoms with E-state index in [-0.39, 0.29) is 23.3 Å². The molecule has 0 radical (unpaired) electrons. The van der Waals surface area contributed by atoms with Crippen molar-refractivity contribution in [2.75, 3.05) is 28.6 Å². The van der Waals surface area contributed by atoms with Gasteiger partial charge in [-0.1, -0.05) is 11.3 Å². The zero-order chi connectivity index (χ0) is 21.3. The quantitative estimate of drug-likeness (QED) is 0.663. The van der Waals surface area contributed by atoms with E-state index in [2.05, 4.69) is 25.6 Å². The first-order chi connectivity index (χ1) is 14.4. The molecule has 0 aliphatic carbocycles. The molecule has 10 heteroatoms. The Bertz CT molecular complexity index is 1150. The first-order valence-corrected chi connectivity index (χ1v) is 10.5. The van der Waals surface area contributed by atoms with Crippen LogP contribution in [0.5, 0.6) is 0 Å². The van der Waals surface area contributed by atoms with Gasteiger partial charge in [-0.25, -0.2) is 4.98 Å². The van der Waals surface area contributed by atoms with Crippen molar-refractivity contribution in [2.24, 2.45) is 5.92 Å². The van der Waals surface area contributed by atoms with Gasteiger partial charge in [0, 0.05) is 49.1 Å². The van der Waals surface area contributed by atoms with Crippen LogP contribution in [0.15, 0.2) is 35.1 Å². The van der Waals surface area contributed by atoms with Crippen molar-refractivity contribution < 1.29 is 9.59 Å². The molecule has 30 heavy (non-hydrogen) atoms. The van der Waals surface area contributed by atoms with Crippen LogP contribution in [0.3, 0.4) is 0 Å². The summed E-state index contributed by atoms with van der Waals surface area (Å²) in [6.45, 7) is 4.62. The number of hydrogen-bond acceptors (Lipinski definition) is 7. The van der Waals surface area contributed by atoms with Crippen LogP contribution in [0.1, 0.15) is 25.5 Å². The monoisotopic (exact) mass is 426 g/mol. The van der Waals surface area contributed by atoms with Crippen molar-refractivity contribution in [1.29, 1.82) is 0 Å². The van der Waals surface area contributed by atoms with Crippen LogP contribution in [-0.4, -0.2) is 39.5 Å². The summed E-state index contributed by atoms with van der Waals surface area (Å²) in [4.78, 5) is 42.8. The number of aromatic nitrogens is 3. The second kappa shape index (κ2) is 8.23. The Kier molecular flexibility index (Phi) is 5.49. The summed E-state index contributed by atoms with van der Waals surface area (Å²) < 4.78 is 1.33. The predicted molar refractivity (Wildman–Crippen MR) is 116 cm³/mol.